The molecule has 2 heterocycles. The molecule has 0 aliphatic heterocycles. The lowest BCUT2D eigenvalue weighted by atomic mass is 10.3. The van der Waals surface area contributed by atoms with Crippen LogP contribution >= 0.6 is 22.7 Å². The van der Waals surface area contributed by atoms with Gasteiger partial charge in [0.15, 0.2) is 0 Å². The summed E-state index contributed by atoms with van der Waals surface area (Å²) in [5.74, 6) is 0. The normalized spacial score (nSPS) is 10.9. The minimum Gasteiger partial charge on any atom is -0.398 e. The summed E-state index contributed by atoms with van der Waals surface area (Å²) in [6.45, 7) is 0. The molecule has 0 unspecified atom stereocenters. The molecule has 0 fully saturated rings. The average molecular weight is 232 g/mol. The van der Waals surface area contributed by atoms with Gasteiger partial charge in [-0.2, -0.15) is 0 Å². The van der Waals surface area contributed by atoms with Crippen molar-refractivity contribution in [2.24, 2.45) is 0 Å². The predicted octanol–water partition coefficient (Wildman–Crippen LogP) is 3.61. The molecule has 3 rings (SSSR count). The summed E-state index contributed by atoms with van der Waals surface area (Å²) in [5.41, 5.74) is 7.70. The van der Waals surface area contributed by atoms with Crippen molar-refractivity contribution in [3.63, 3.8) is 0 Å². The number of nitrogen functional groups attached to an aromatic ring is 1. The molecule has 15 heavy (non-hydrogen) atoms. The van der Waals surface area contributed by atoms with Gasteiger partial charge in [-0.05, 0) is 23.6 Å². The Balaban J connectivity index is 2.27. The maximum Gasteiger partial charge on any atom is 0.134 e. The van der Waals surface area contributed by atoms with Gasteiger partial charge in [-0.3, -0.25) is 0 Å². The minimum atomic E-state index is 0.813. The number of aromatic nitrogens is 1. The molecule has 0 amide bonds. The van der Waals surface area contributed by atoms with Crippen molar-refractivity contribution >= 4 is 38.6 Å². The zero-order valence-corrected chi connectivity index (χ0v) is 9.44. The fraction of sp³-hybridized carbons (Fsp3) is 0. The van der Waals surface area contributed by atoms with E-state index in [2.05, 4.69) is 16.4 Å². The Bertz CT molecular complexity index is 596. The number of nitrogens with two attached hydrogens (primary N) is 1. The summed E-state index contributed by atoms with van der Waals surface area (Å²) in [4.78, 5) is 5.77. The molecule has 0 atom stereocenters. The Kier molecular flexibility index (Phi) is 1.97. The second-order valence-electron chi connectivity index (χ2n) is 3.19. The molecule has 0 aliphatic carbocycles. The second kappa shape index (κ2) is 3.32. The van der Waals surface area contributed by atoms with E-state index in [1.807, 2.05) is 24.3 Å². The molecule has 4 heteroatoms. The van der Waals surface area contributed by atoms with Gasteiger partial charge in [0.25, 0.3) is 0 Å². The summed E-state index contributed by atoms with van der Waals surface area (Å²) < 4.78 is 1.08. The first-order valence-corrected chi connectivity index (χ1v) is 6.23. The maximum absolute atomic E-state index is 5.90. The molecule has 1 aromatic carbocycles. The number of rotatable bonds is 1. The fourth-order valence-corrected chi connectivity index (χ4v) is 3.26. The number of anilines is 1. The molecular formula is C11H8N2S2. The van der Waals surface area contributed by atoms with Gasteiger partial charge in [-0.15, -0.1) is 22.7 Å². The van der Waals surface area contributed by atoms with Crippen molar-refractivity contribution in [2.75, 3.05) is 5.73 Å². The summed E-state index contributed by atoms with van der Waals surface area (Å²) in [7, 11) is 0. The third-order valence-electron chi connectivity index (χ3n) is 2.18. The third kappa shape index (κ3) is 1.42. The summed E-state index contributed by atoms with van der Waals surface area (Å²) in [5, 5.41) is 3.11. The standard InChI is InChI=1S/C11H8N2S2/c12-7-3-1-4-8-10(7)15-11(13-8)9-5-2-6-14-9/h1-6H,12H2. The van der Waals surface area contributed by atoms with E-state index in [-0.39, 0.29) is 0 Å². The average Bonchev–Trinajstić information content (AvgIpc) is 2.86. The SMILES string of the molecule is Nc1cccc2nc(-c3cccs3)sc12. The molecular weight excluding hydrogens is 224 g/mol. The van der Waals surface area contributed by atoms with Crippen molar-refractivity contribution in [3.8, 4) is 9.88 Å². The van der Waals surface area contributed by atoms with Crippen LogP contribution in [-0.2, 0) is 0 Å². The van der Waals surface area contributed by atoms with Gasteiger partial charge in [0.1, 0.15) is 5.01 Å². The van der Waals surface area contributed by atoms with Crippen molar-refractivity contribution in [1.29, 1.82) is 0 Å². The Hall–Kier alpha value is -1.39. The van der Waals surface area contributed by atoms with Gasteiger partial charge >= 0.3 is 0 Å². The van der Waals surface area contributed by atoms with Crippen LogP contribution in [0.2, 0.25) is 0 Å². The molecule has 0 radical (unpaired) electrons. The van der Waals surface area contributed by atoms with E-state index in [4.69, 9.17) is 5.73 Å². The van der Waals surface area contributed by atoms with Gasteiger partial charge in [-0.25, -0.2) is 4.98 Å². The number of benzene rings is 1. The van der Waals surface area contributed by atoms with E-state index in [1.54, 1.807) is 22.7 Å². The van der Waals surface area contributed by atoms with Gasteiger partial charge in [0.05, 0.1) is 20.8 Å². The van der Waals surface area contributed by atoms with E-state index < -0.39 is 0 Å². The first kappa shape index (κ1) is 8.88. The number of hydrogen-bond donors (Lipinski definition) is 1. The van der Waals surface area contributed by atoms with Gasteiger partial charge in [0, 0.05) is 0 Å². The zero-order valence-electron chi connectivity index (χ0n) is 7.81. The molecule has 2 nitrogen and oxygen atoms in total. The summed E-state index contributed by atoms with van der Waals surface area (Å²) in [6.07, 6.45) is 0. The van der Waals surface area contributed by atoms with E-state index >= 15 is 0 Å². The van der Waals surface area contributed by atoms with Crippen molar-refractivity contribution in [2.45, 2.75) is 0 Å². The highest BCUT2D eigenvalue weighted by atomic mass is 32.1. The lowest BCUT2D eigenvalue weighted by molar-refractivity contribution is 1.50. The maximum atomic E-state index is 5.90. The minimum absolute atomic E-state index is 0.813. The number of nitrogens with zero attached hydrogens (tertiary/aromatic N) is 1. The van der Waals surface area contributed by atoms with Gasteiger partial charge in [0.2, 0.25) is 0 Å². The first-order valence-electron chi connectivity index (χ1n) is 4.53. The van der Waals surface area contributed by atoms with Crippen LogP contribution < -0.4 is 5.73 Å². The number of fused-ring (bicyclic) bond motifs is 1. The number of thiazole rings is 1. The molecule has 0 aliphatic rings. The highest BCUT2D eigenvalue weighted by Gasteiger charge is 2.08. The van der Waals surface area contributed by atoms with Crippen LogP contribution in [0.3, 0.4) is 0 Å². The van der Waals surface area contributed by atoms with Gasteiger partial charge < -0.3 is 5.73 Å². The van der Waals surface area contributed by atoms with E-state index in [9.17, 15) is 0 Å². The second-order valence-corrected chi connectivity index (χ2v) is 5.14. The summed E-state index contributed by atoms with van der Waals surface area (Å²) in [6, 6.07) is 9.97. The molecule has 74 valence electrons. The molecule has 3 aromatic rings. The summed E-state index contributed by atoms with van der Waals surface area (Å²) >= 11 is 3.36. The van der Waals surface area contributed by atoms with Crippen LogP contribution in [0, 0.1) is 0 Å². The molecule has 2 aromatic heterocycles. The van der Waals surface area contributed by atoms with Gasteiger partial charge in [-0.1, -0.05) is 12.1 Å². The van der Waals surface area contributed by atoms with Crippen LogP contribution in [0.5, 0.6) is 0 Å². The fourth-order valence-electron chi connectivity index (χ4n) is 1.48. The van der Waals surface area contributed by atoms with Crippen LogP contribution in [0.15, 0.2) is 35.7 Å². The van der Waals surface area contributed by atoms with E-state index in [0.29, 0.717) is 0 Å². The number of hydrogen-bond acceptors (Lipinski definition) is 4. The van der Waals surface area contributed by atoms with Crippen molar-refractivity contribution in [3.05, 3.63) is 35.7 Å². The van der Waals surface area contributed by atoms with Crippen LogP contribution in [0.4, 0.5) is 5.69 Å². The quantitative estimate of drug-likeness (QED) is 0.651. The molecule has 0 saturated carbocycles. The Morgan fingerprint density at radius 1 is 1.13 bits per heavy atom. The van der Waals surface area contributed by atoms with Crippen molar-refractivity contribution < 1.29 is 0 Å². The topological polar surface area (TPSA) is 38.9 Å². The van der Waals surface area contributed by atoms with E-state index in [0.717, 1.165) is 20.9 Å². The van der Waals surface area contributed by atoms with Crippen LogP contribution in [-0.4, -0.2) is 4.98 Å². The lowest BCUT2D eigenvalue weighted by Gasteiger charge is -1.90. The molecule has 0 spiro atoms. The van der Waals surface area contributed by atoms with Crippen LogP contribution in [0.1, 0.15) is 0 Å². The smallest absolute Gasteiger partial charge is 0.134 e. The first-order chi connectivity index (χ1) is 7.34. The monoisotopic (exact) mass is 232 g/mol. The molecule has 0 saturated heterocycles. The molecule has 2 N–H and O–H groups in total. The predicted molar refractivity (Wildman–Crippen MR) is 67.3 cm³/mol. The van der Waals surface area contributed by atoms with Crippen molar-refractivity contribution in [1.82, 2.24) is 4.98 Å². The Labute approximate surface area is 95.0 Å². The largest absolute Gasteiger partial charge is 0.398 e. The van der Waals surface area contributed by atoms with E-state index in [1.165, 1.54) is 4.88 Å². The zero-order chi connectivity index (χ0) is 10.3. The lowest BCUT2D eigenvalue weighted by Crippen LogP contribution is -1.82. The Morgan fingerprint density at radius 3 is 2.80 bits per heavy atom. The Morgan fingerprint density at radius 2 is 2.07 bits per heavy atom. The number of thiophene rings is 1. The highest BCUT2D eigenvalue weighted by molar-refractivity contribution is 7.25. The highest BCUT2D eigenvalue weighted by Crippen LogP contribution is 2.35. The van der Waals surface area contributed by atoms with Crippen LogP contribution in [0.25, 0.3) is 20.1 Å². The third-order valence-corrected chi connectivity index (χ3v) is 4.34. The molecule has 0 bridgehead atoms.